The van der Waals surface area contributed by atoms with Crippen molar-refractivity contribution < 1.29 is 9.53 Å². The van der Waals surface area contributed by atoms with E-state index in [0.29, 0.717) is 23.3 Å². The number of amides is 1. The lowest BCUT2D eigenvalue weighted by molar-refractivity contribution is -0.113. The molecular weight excluding hydrogens is 506 g/mol. The Labute approximate surface area is 233 Å². The maximum Gasteiger partial charge on any atom is 0.255 e. The largest absolute Gasteiger partial charge is 0.494 e. The number of para-hydroxylation sites is 1. The second kappa shape index (κ2) is 11.4. The quantitative estimate of drug-likeness (QED) is 0.239. The average molecular weight is 540 g/mol. The fourth-order valence-corrected chi connectivity index (χ4v) is 5.60. The van der Waals surface area contributed by atoms with Crippen molar-refractivity contribution in [3.8, 4) is 5.75 Å². The Kier molecular flexibility index (Phi) is 7.74. The molecule has 0 fully saturated rings. The van der Waals surface area contributed by atoms with Crippen molar-refractivity contribution in [2.75, 3.05) is 17.2 Å². The molecule has 0 aliphatic carbocycles. The first-order chi connectivity index (χ1) is 18.8. The lowest BCUT2D eigenvalue weighted by atomic mass is 9.95. The molecule has 4 aromatic rings. The molecule has 0 unspecified atom stereocenters. The standard InChI is InChI=1S/C31H33N5O2S/c1-6-38-25-15-13-23(14-16-25)28-27(29(37)33-26-10-8-7-9-21(26)4)22(5)32-30-34-31(35-36(28)30)39-18-24-17-19(2)11-12-20(24)3/h7-17,28H,6,18H2,1-5H3,(H,33,37)(H,32,34,35)/t28-/m0/s1. The topological polar surface area (TPSA) is 81.1 Å². The van der Waals surface area contributed by atoms with E-state index < -0.39 is 6.04 Å². The Morgan fingerprint density at radius 3 is 2.54 bits per heavy atom. The van der Waals surface area contributed by atoms with Crippen LogP contribution >= 0.6 is 11.8 Å². The summed E-state index contributed by atoms with van der Waals surface area (Å²) in [6.07, 6.45) is 0. The van der Waals surface area contributed by atoms with Gasteiger partial charge in [-0.15, -0.1) is 5.10 Å². The molecule has 1 atom stereocenters. The first-order valence-corrected chi connectivity index (χ1v) is 14.1. The molecule has 1 aliphatic rings. The maximum atomic E-state index is 13.8. The van der Waals surface area contributed by atoms with Crippen molar-refractivity contribution in [1.82, 2.24) is 14.8 Å². The molecule has 3 aromatic carbocycles. The average Bonchev–Trinajstić information content (AvgIpc) is 3.32. The van der Waals surface area contributed by atoms with E-state index in [1.165, 1.54) is 16.7 Å². The van der Waals surface area contributed by atoms with Crippen molar-refractivity contribution in [3.05, 3.63) is 106 Å². The minimum Gasteiger partial charge on any atom is -0.494 e. The van der Waals surface area contributed by atoms with Gasteiger partial charge in [0.2, 0.25) is 11.1 Å². The second-order valence-corrected chi connectivity index (χ2v) is 10.7. The van der Waals surface area contributed by atoms with Crippen molar-refractivity contribution in [1.29, 1.82) is 0 Å². The van der Waals surface area contributed by atoms with Crippen LogP contribution in [0.1, 0.15) is 47.7 Å². The number of anilines is 2. The monoisotopic (exact) mass is 539 g/mol. The number of aromatic nitrogens is 3. The number of benzene rings is 3. The van der Waals surface area contributed by atoms with Gasteiger partial charge in [-0.1, -0.05) is 65.9 Å². The molecule has 5 rings (SSSR count). The number of thioether (sulfide) groups is 1. The van der Waals surface area contributed by atoms with E-state index in [2.05, 4.69) is 42.7 Å². The van der Waals surface area contributed by atoms with Crippen molar-refractivity contribution in [3.63, 3.8) is 0 Å². The van der Waals surface area contributed by atoms with E-state index >= 15 is 0 Å². The predicted octanol–water partition coefficient (Wildman–Crippen LogP) is 6.82. The number of hydrogen-bond acceptors (Lipinski definition) is 6. The fraction of sp³-hybridized carbons (Fsp3) is 0.258. The van der Waals surface area contributed by atoms with Gasteiger partial charge in [-0.3, -0.25) is 4.79 Å². The molecule has 0 saturated carbocycles. The van der Waals surface area contributed by atoms with Crippen LogP contribution in [0.25, 0.3) is 0 Å². The van der Waals surface area contributed by atoms with Gasteiger partial charge in [-0.2, -0.15) is 4.98 Å². The van der Waals surface area contributed by atoms with E-state index in [-0.39, 0.29) is 5.91 Å². The van der Waals surface area contributed by atoms with Gasteiger partial charge in [-0.25, -0.2) is 4.68 Å². The molecule has 2 N–H and O–H groups in total. The molecule has 39 heavy (non-hydrogen) atoms. The number of carbonyl (C=O) groups excluding carboxylic acids is 1. The first kappa shape index (κ1) is 26.6. The van der Waals surface area contributed by atoms with Crippen LogP contribution in [0.2, 0.25) is 0 Å². The summed E-state index contributed by atoms with van der Waals surface area (Å²) in [6, 6.07) is 21.6. The zero-order valence-corrected chi connectivity index (χ0v) is 23.7. The zero-order chi connectivity index (χ0) is 27.5. The molecule has 2 heterocycles. The smallest absolute Gasteiger partial charge is 0.255 e. The van der Waals surface area contributed by atoms with Gasteiger partial charge >= 0.3 is 0 Å². The number of ether oxygens (including phenoxy) is 1. The molecule has 0 radical (unpaired) electrons. The number of aryl methyl sites for hydroxylation is 3. The fourth-order valence-electron chi connectivity index (χ4n) is 4.71. The third-order valence-electron chi connectivity index (χ3n) is 6.84. The molecule has 1 aromatic heterocycles. The highest BCUT2D eigenvalue weighted by atomic mass is 32.2. The lowest BCUT2D eigenvalue weighted by Crippen LogP contribution is -2.31. The number of nitrogens with one attached hydrogen (secondary N) is 2. The third-order valence-corrected chi connectivity index (χ3v) is 7.73. The van der Waals surface area contributed by atoms with Crippen LogP contribution < -0.4 is 15.4 Å². The summed E-state index contributed by atoms with van der Waals surface area (Å²) in [7, 11) is 0. The van der Waals surface area contributed by atoms with Gasteiger partial charge in [0.1, 0.15) is 11.8 Å². The van der Waals surface area contributed by atoms with Crippen LogP contribution in [0.15, 0.2) is 83.2 Å². The van der Waals surface area contributed by atoms with Crippen LogP contribution in [0.4, 0.5) is 11.6 Å². The van der Waals surface area contributed by atoms with Gasteiger partial charge < -0.3 is 15.4 Å². The normalized spacial score (nSPS) is 14.5. The molecule has 8 heteroatoms. The Morgan fingerprint density at radius 1 is 1.03 bits per heavy atom. The zero-order valence-electron chi connectivity index (χ0n) is 22.9. The number of rotatable bonds is 8. The van der Waals surface area contributed by atoms with Crippen LogP contribution in [-0.2, 0) is 10.5 Å². The molecule has 7 nitrogen and oxygen atoms in total. The Bertz CT molecular complexity index is 1540. The summed E-state index contributed by atoms with van der Waals surface area (Å²) in [5, 5.41) is 12.0. The molecular formula is C31H33N5O2S. The van der Waals surface area contributed by atoms with E-state index in [9.17, 15) is 4.79 Å². The summed E-state index contributed by atoms with van der Waals surface area (Å²) in [5.41, 5.74) is 7.77. The van der Waals surface area contributed by atoms with Gasteiger partial charge in [-0.05, 0) is 75.1 Å². The number of carbonyl (C=O) groups is 1. The minimum absolute atomic E-state index is 0.182. The first-order valence-electron chi connectivity index (χ1n) is 13.1. The highest BCUT2D eigenvalue weighted by molar-refractivity contribution is 7.98. The molecule has 1 amide bonds. The summed E-state index contributed by atoms with van der Waals surface area (Å²) in [5.74, 6) is 1.98. The molecule has 0 spiro atoms. The van der Waals surface area contributed by atoms with Crippen molar-refractivity contribution >= 4 is 29.3 Å². The van der Waals surface area contributed by atoms with E-state index in [4.69, 9.17) is 14.8 Å². The maximum absolute atomic E-state index is 13.8. The van der Waals surface area contributed by atoms with Crippen LogP contribution in [0.5, 0.6) is 5.75 Å². The third kappa shape index (κ3) is 5.71. The van der Waals surface area contributed by atoms with Crippen LogP contribution in [0, 0.1) is 20.8 Å². The van der Waals surface area contributed by atoms with Crippen molar-refractivity contribution in [2.45, 2.75) is 51.6 Å². The van der Waals surface area contributed by atoms with E-state index in [0.717, 1.165) is 34.0 Å². The van der Waals surface area contributed by atoms with Crippen LogP contribution in [-0.4, -0.2) is 27.3 Å². The van der Waals surface area contributed by atoms with E-state index in [1.807, 2.05) is 74.0 Å². The SMILES string of the molecule is CCOc1ccc([C@H]2C(C(=O)Nc3ccccc3C)=C(C)Nc3nc(SCc4cc(C)ccc4C)nn32)cc1. The van der Waals surface area contributed by atoms with Gasteiger partial charge in [0.05, 0.1) is 12.2 Å². The Hall–Kier alpha value is -4.04. The van der Waals surface area contributed by atoms with Crippen LogP contribution in [0.3, 0.4) is 0 Å². The Balaban J connectivity index is 1.50. The summed E-state index contributed by atoms with van der Waals surface area (Å²) < 4.78 is 7.48. The summed E-state index contributed by atoms with van der Waals surface area (Å²) in [4.78, 5) is 18.6. The molecule has 0 bridgehead atoms. The van der Waals surface area contributed by atoms with Gasteiger partial charge in [0, 0.05) is 17.1 Å². The highest BCUT2D eigenvalue weighted by Gasteiger charge is 2.34. The van der Waals surface area contributed by atoms with Gasteiger partial charge in [0.25, 0.3) is 5.91 Å². The number of hydrogen-bond donors (Lipinski definition) is 2. The summed E-state index contributed by atoms with van der Waals surface area (Å²) >= 11 is 1.59. The number of fused-ring (bicyclic) bond motifs is 1. The number of allylic oxidation sites excluding steroid dienone is 1. The van der Waals surface area contributed by atoms with Gasteiger partial charge in [0.15, 0.2) is 0 Å². The second-order valence-electron chi connectivity index (χ2n) is 9.72. The van der Waals surface area contributed by atoms with E-state index in [1.54, 1.807) is 11.8 Å². The lowest BCUT2D eigenvalue weighted by Gasteiger charge is -2.29. The van der Waals surface area contributed by atoms with Crippen molar-refractivity contribution in [2.24, 2.45) is 0 Å². The predicted molar refractivity (Wildman–Crippen MR) is 157 cm³/mol. The highest BCUT2D eigenvalue weighted by Crippen LogP contribution is 2.38. The summed E-state index contributed by atoms with van der Waals surface area (Å²) in [6.45, 7) is 10.7. The Morgan fingerprint density at radius 2 is 1.79 bits per heavy atom. The molecule has 1 aliphatic heterocycles. The minimum atomic E-state index is -0.455. The molecule has 0 saturated heterocycles. The molecule has 200 valence electrons. The number of nitrogens with zero attached hydrogens (tertiary/aromatic N) is 3.